The second-order valence-corrected chi connectivity index (χ2v) is 6.98. The molecule has 4 nitrogen and oxygen atoms in total. The molecule has 0 unspecified atom stereocenters. The predicted molar refractivity (Wildman–Crippen MR) is 103 cm³/mol. The highest BCUT2D eigenvalue weighted by Crippen LogP contribution is 2.26. The van der Waals surface area contributed by atoms with Crippen molar-refractivity contribution in [1.82, 2.24) is 5.32 Å². The molecule has 1 heterocycles. The third-order valence-corrected chi connectivity index (χ3v) is 4.85. The van der Waals surface area contributed by atoms with Gasteiger partial charge in [-0.15, -0.1) is 0 Å². The predicted octanol–water partition coefficient (Wildman–Crippen LogP) is 4.83. The number of carbonyl (C=O) groups is 2. The number of amides is 1. The van der Waals surface area contributed by atoms with Crippen molar-refractivity contribution >= 4 is 17.4 Å². The average Bonchev–Trinajstić information content (AvgIpc) is 2.91. The summed E-state index contributed by atoms with van der Waals surface area (Å²) in [5.41, 5.74) is 2.10. The van der Waals surface area contributed by atoms with Gasteiger partial charge in [0.25, 0.3) is 11.7 Å². The maximum absolute atomic E-state index is 11.9. The molecule has 2 rings (SSSR count). The Bertz CT molecular complexity index is 569. The van der Waals surface area contributed by atoms with Crippen LogP contribution in [0.5, 0.6) is 0 Å². The molecule has 0 spiro atoms. The Morgan fingerprint density at radius 3 is 2.20 bits per heavy atom. The Hall–Kier alpha value is -1.68. The van der Waals surface area contributed by atoms with Gasteiger partial charge >= 0.3 is 0 Å². The van der Waals surface area contributed by atoms with Gasteiger partial charge in [0, 0.05) is 6.54 Å². The summed E-state index contributed by atoms with van der Waals surface area (Å²) in [6.45, 7) is 3.85. The highest BCUT2D eigenvalue weighted by Gasteiger charge is 2.29. The van der Waals surface area contributed by atoms with E-state index in [1.807, 2.05) is 12.1 Å². The first kappa shape index (κ1) is 19.6. The van der Waals surface area contributed by atoms with Crippen LogP contribution in [-0.2, 0) is 11.3 Å². The molecule has 25 heavy (non-hydrogen) atoms. The van der Waals surface area contributed by atoms with Crippen molar-refractivity contribution in [3.8, 4) is 0 Å². The molecule has 0 aromatic heterocycles. The van der Waals surface area contributed by atoms with Crippen LogP contribution in [0.15, 0.2) is 18.2 Å². The van der Waals surface area contributed by atoms with Gasteiger partial charge in [0.1, 0.15) is 0 Å². The zero-order valence-electron chi connectivity index (χ0n) is 15.5. The fourth-order valence-corrected chi connectivity index (χ4v) is 3.37. The van der Waals surface area contributed by atoms with E-state index in [2.05, 4.69) is 17.6 Å². The molecule has 0 saturated heterocycles. The lowest BCUT2D eigenvalue weighted by atomic mass is 10.0. The van der Waals surface area contributed by atoms with Crippen LogP contribution < -0.4 is 10.6 Å². The van der Waals surface area contributed by atoms with Crippen LogP contribution in [0.4, 0.5) is 5.69 Å². The summed E-state index contributed by atoms with van der Waals surface area (Å²) in [7, 11) is 0. The molecule has 1 aliphatic rings. The summed E-state index contributed by atoms with van der Waals surface area (Å²) in [6.07, 6.45) is 13.3. The Morgan fingerprint density at radius 1 is 0.880 bits per heavy atom. The lowest BCUT2D eigenvalue weighted by Crippen LogP contribution is -2.17. The van der Waals surface area contributed by atoms with E-state index < -0.39 is 11.7 Å². The van der Waals surface area contributed by atoms with E-state index in [0.29, 0.717) is 17.8 Å². The summed E-state index contributed by atoms with van der Waals surface area (Å²) in [4.78, 5) is 23.4. The number of Topliss-reactive ketones (excluding diaryl/α,β-unsaturated/α-hetero) is 1. The largest absolute Gasteiger partial charge is 0.318 e. The van der Waals surface area contributed by atoms with Gasteiger partial charge in [0.05, 0.1) is 11.3 Å². The lowest BCUT2D eigenvalue weighted by molar-refractivity contribution is -0.112. The number of benzene rings is 1. The molecule has 0 fully saturated rings. The fraction of sp³-hybridized carbons (Fsp3) is 0.619. The molecule has 1 aliphatic heterocycles. The van der Waals surface area contributed by atoms with Gasteiger partial charge in [-0.25, -0.2) is 0 Å². The zero-order chi connectivity index (χ0) is 17.9. The molecular formula is C21H32N2O2. The molecular weight excluding hydrogens is 312 g/mol. The van der Waals surface area contributed by atoms with Crippen molar-refractivity contribution in [2.45, 2.75) is 77.7 Å². The summed E-state index contributed by atoms with van der Waals surface area (Å²) < 4.78 is 0. The number of fused-ring (bicyclic) bond motifs is 1. The number of carbonyl (C=O) groups excluding carboxylic acids is 2. The van der Waals surface area contributed by atoms with E-state index in [1.165, 1.54) is 57.8 Å². The van der Waals surface area contributed by atoms with Crippen molar-refractivity contribution in [2.75, 3.05) is 11.9 Å². The van der Waals surface area contributed by atoms with E-state index >= 15 is 0 Å². The number of hydrogen-bond donors (Lipinski definition) is 2. The molecule has 1 amide bonds. The first-order valence-corrected chi connectivity index (χ1v) is 9.92. The smallest absolute Gasteiger partial charge is 0.296 e. The number of rotatable bonds is 13. The summed E-state index contributed by atoms with van der Waals surface area (Å²) >= 11 is 0. The van der Waals surface area contributed by atoms with Gasteiger partial charge in [-0.05, 0) is 24.6 Å². The van der Waals surface area contributed by atoms with Gasteiger partial charge in [-0.1, -0.05) is 76.8 Å². The number of hydrogen-bond acceptors (Lipinski definition) is 3. The monoisotopic (exact) mass is 344 g/mol. The van der Waals surface area contributed by atoms with E-state index in [4.69, 9.17) is 0 Å². The molecule has 0 saturated carbocycles. The van der Waals surface area contributed by atoms with Gasteiger partial charge in [0.15, 0.2) is 0 Å². The van der Waals surface area contributed by atoms with Crippen molar-refractivity contribution in [3.05, 3.63) is 29.3 Å². The first-order chi connectivity index (χ1) is 12.2. The SMILES string of the molecule is CCCCCCCCCCCCNCc1cccc2c1C(=O)C(=O)N2. The minimum absolute atomic E-state index is 0.411. The first-order valence-electron chi connectivity index (χ1n) is 9.92. The van der Waals surface area contributed by atoms with Crippen LogP contribution in [0, 0.1) is 0 Å². The van der Waals surface area contributed by atoms with Crippen LogP contribution in [0.1, 0.15) is 87.1 Å². The van der Waals surface area contributed by atoms with Crippen molar-refractivity contribution in [1.29, 1.82) is 0 Å². The summed E-state index contributed by atoms with van der Waals surface area (Å²) in [5.74, 6) is -0.927. The quantitative estimate of drug-likeness (QED) is 0.398. The molecule has 0 radical (unpaired) electrons. The summed E-state index contributed by atoms with van der Waals surface area (Å²) in [5, 5.41) is 6.02. The van der Waals surface area contributed by atoms with Crippen LogP contribution >= 0.6 is 0 Å². The van der Waals surface area contributed by atoms with Gasteiger partial charge in [0.2, 0.25) is 0 Å². The van der Waals surface area contributed by atoms with Crippen LogP contribution in [-0.4, -0.2) is 18.2 Å². The Kier molecular flexibility index (Phi) is 8.67. The molecule has 138 valence electrons. The van der Waals surface area contributed by atoms with E-state index in [9.17, 15) is 9.59 Å². The highest BCUT2D eigenvalue weighted by atomic mass is 16.2. The second-order valence-electron chi connectivity index (χ2n) is 6.98. The van der Waals surface area contributed by atoms with E-state index in [-0.39, 0.29) is 0 Å². The minimum Gasteiger partial charge on any atom is -0.318 e. The fourth-order valence-electron chi connectivity index (χ4n) is 3.37. The molecule has 0 atom stereocenters. The molecule has 4 heteroatoms. The number of anilines is 1. The molecule has 0 aliphatic carbocycles. The molecule has 0 bridgehead atoms. The maximum Gasteiger partial charge on any atom is 0.296 e. The van der Waals surface area contributed by atoms with E-state index in [1.54, 1.807) is 6.07 Å². The molecule has 1 aromatic rings. The van der Waals surface area contributed by atoms with Gasteiger partial charge in [-0.2, -0.15) is 0 Å². The maximum atomic E-state index is 11.9. The van der Waals surface area contributed by atoms with Crippen molar-refractivity contribution in [2.24, 2.45) is 0 Å². The van der Waals surface area contributed by atoms with E-state index in [0.717, 1.165) is 18.5 Å². The standard InChI is InChI=1S/C21H32N2O2/c1-2-3-4-5-6-7-8-9-10-11-15-22-16-17-13-12-14-18-19(17)20(24)21(25)23-18/h12-14,22H,2-11,15-16H2,1H3,(H,23,24,25). The normalized spacial score (nSPS) is 13.2. The Morgan fingerprint density at radius 2 is 1.52 bits per heavy atom. The average molecular weight is 344 g/mol. The number of ketones is 1. The minimum atomic E-state index is -0.517. The Balaban J connectivity index is 1.53. The van der Waals surface area contributed by atoms with Crippen LogP contribution in [0.25, 0.3) is 0 Å². The number of nitrogens with one attached hydrogen (secondary N) is 2. The molecule has 1 aromatic carbocycles. The van der Waals surface area contributed by atoms with Gasteiger partial charge < -0.3 is 10.6 Å². The van der Waals surface area contributed by atoms with Gasteiger partial charge in [-0.3, -0.25) is 9.59 Å². The number of unbranched alkanes of at least 4 members (excludes halogenated alkanes) is 9. The van der Waals surface area contributed by atoms with Crippen molar-refractivity contribution < 1.29 is 9.59 Å². The molecule has 2 N–H and O–H groups in total. The third-order valence-electron chi connectivity index (χ3n) is 4.85. The van der Waals surface area contributed by atoms with Crippen LogP contribution in [0.3, 0.4) is 0 Å². The topological polar surface area (TPSA) is 58.2 Å². The highest BCUT2D eigenvalue weighted by molar-refractivity contribution is 6.52. The Labute approximate surface area is 151 Å². The van der Waals surface area contributed by atoms with Crippen molar-refractivity contribution in [3.63, 3.8) is 0 Å². The third kappa shape index (κ3) is 6.28. The zero-order valence-corrected chi connectivity index (χ0v) is 15.5. The summed E-state index contributed by atoms with van der Waals surface area (Å²) in [6, 6.07) is 5.59. The lowest BCUT2D eigenvalue weighted by Gasteiger charge is -2.08. The second kappa shape index (κ2) is 11.0. The van der Waals surface area contributed by atoms with Crippen LogP contribution in [0.2, 0.25) is 0 Å².